The van der Waals surface area contributed by atoms with E-state index in [1.807, 2.05) is 0 Å². The maximum atomic E-state index is 2.62. The third kappa shape index (κ3) is 9.01. The largest absolute Gasteiger partial charge is 3.00 e. The van der Waals surface area contributed by atoms with E-state index in [9.17, 15) is 0 Å². The van der Waals surface area contributed by atoms with E-state index < -0.39 is 0 Å². The van der Waals surface area contributed by atoms with Crippen LogP contribution in [0.3, 0.4) is 0 Å². The van der Waals surface area contributed by atoms with E-state index in [1.165, 1.54) is 0 Å². The topological polar surface area (TPSA) is 0 Å². The Bertz CT molecular complexity index is 465. The molecule has 0 unspecified atom stereocenters. The summed E-state index contributed by atoms with van der Waals surface area (Å²) in [5, 5.41) is 0. The van der Waals surface area contributed by atoms with Crippen LogP contribution in [0.4, 0.5) is 0 Å². The molecule has 0 atom stereocenters. The zero-order valence-electron chi connectivity index (χ0n) is 8.31. The van der Waals surface area contributed by atoms with Crippen LogP contribution in [0.2, 0.25) is 0 Å². The van der Waals surface area contributed by atoms with Crippen LogP contribution in [-0.4, -0.2) is 0 Å². The van der Waals surface area contributed by atoms with E-state index in [4.69, 9.17) is 0 Å². The van der Waals surface area contributed by atoms with Crippen molar-refractivity contribution in [3.8, 4) is 35.5 Å². The predicted octanol–water partition coefficient (Wildman–Crippen LogP) is 1.55. The van der Waals surface area contributed by atoms with E-state index in [-0.39, 0.29) is 35.6 Å². The second-order valence-electron chi connectivity index (χ2n) is 2.05. The monoisotopic (exact) mass is 322 g/mol. The quantitative estimate of drug-likeness (QED) is 0.361. The van der Waals surface area contributed by atoms with Crippen LogP contribution < -0.4 is 0 Å². The average Bonchev–Trinajstić information content (AvgIpc) is 3.09. The minimum absolute atomic E-state index is 0. The summed E-state index contributed by atoms with van der Waals surface area (Å²) in [6, 6.07) is 0. The molecule has 0 saturated carbocycles. The standard InChI is InChI=1S/3C5H.La/c3*1-2-4-5-3-1;/h3*1H;/q3*-1;+3. The van der Waals surface area contributed by atoms with E-state index in [0.717, 1.165) is 0 Å². The van der Waals surface area contributed by atoms with E-state index in [0.29, 0.717) is 0 Å². The molecular formula is C15H3La. The molecule has 0 nitrogen and oxygen atoms in total. The molecule has 0 aromatic heterocycles. The van der Waals surface area contributed by atoms with Crippen molar-refractivity contribution in [2.24, 2.45) is 0 Å². The molecular weight excluding hydrogens is 319 g/mol. The van der Waals surface area contributed by atoms with Gasteiger partial charge in [0.1, 0.15) is 0 Å². The van der Waals surface area contributed by atoms with Crippen LogP contribution in [0.5, 0.6) is 0 Å². The van der Waals surface area contributed by atoms with Crippen LogP contribution in [-0.2, 0) is 0 Å². The molecule has 3 rings (SSSR count). The van der Waals surface area contributed by atoms with Crippen LogP contribution in [0.1, 0.15) is 0 Å². The van der Waals surface area contributed by atoms with Gasteiger partial charge in [-0.25, -0.2) is 17.8 Å². The minimum atomic E-state index is 0. The Morgan fingerprint density at radius 2 is 0.875 bits per heavy atom. The van der Waals surface area contributed by atoms with E-state index >= 15 is 0 Å². The van der Waals surface area contributed by atoms with Crippen LogP contribution in [0, 0.1) is 89.3 Å². The number of hydrogen-bond acceptors (Lipinski definition) is 0. The fourth-order valence-corrected chi connectivity index (χ4v) is 0.541. The molecule has 0 fully saturated rings. The van der Waals surface area contributed by atoms with Gasteiger partial charge in [0, 0.05) is 0 Å². The van der Waals surface area contributed by atoms with Gasteiger partial charge in [-0.15, -0.1) is 18.2 Å². The van der Waals surface area contributed by atoms with Gasteiger partial charge in [0.05, 0.1) is 0 Å². The fraction of sp³-hybridized carbons (Fsp3) is 0. The Balaban J connectivity index is 0.000000205. The summed E-state index contributed by atoms with van der Waals surface area (Å²) < 4.78 is 0. The van der Waals surface area contributed by atoms with Crippen LogP contribution in [0.25, 0.3) is 0 Å². The second-order valence-corrected chi connectivity index (χ2v) is 2.05. The Morgan fingerprint density at radius 3 is 0.938 bits per heavy atom. The van der Waals surface area contributed by atoms with Gasteiger partial charge in [-0.2, -0.15) is 0 Å². The fourth-order valence-electron chi connectivity index (χ4n) is 0.541. The summed E-state index contributed by atoms with van der Waals surface area (Å²) in [4.78, 5) is 0. The van der Waals surface area contributed by atoms with Crippen molar-refractivity contribution < 1.29 is 35.6 Å². The van der Waals surface area contributed by atoms with Gasteiger partial charge in [-0.3, -0.25) is 35.0 Å². The smallest absolute Gasteiger partial charge is 0.282 e. The summed E-state index contributed by atoms with van der Waals surface area (Å²) in [7, 11) is 0. The first kappa shape index (κ1) is 14.4. The number of allylic oxidation sites excluding steroid dienone is 3. The van der Waals surface area contributed by atoms with Crippen molar-refractivity contribution in [3.63, 3.8) is 0 Å². The van der Waals surface area contributed by atoms with Gasteiger partial charge in [0.25, 0.3) is 0 Å². The third-order valence-electron chi connectivity index (χ3n) is 1.05. The molecule has 0 aromatic rings. The van der Waals surface area contributed by atoms with Crippen LogP contribution in [0.15, 0.2) is 35.4 Å². The van der Waals surface area contributed by atoms with Gasteiger partial charge >= 0.3 is 35.6 Å². The summed E-state index contributed by atoms with van der Waals surface area (Å²) in [6.45, 7) is 0. The van der Waals surface area contributed by atoms with Gasteiger partial charge in [0.15, 0.2) is 0 Å². The maximum Gasteiger partial charge on any atom is 3.00 e. The first-order valence-corrected chi connectivity index (χ1v) is 3.98. The van der Waals surface area contributed by atoms with Crippen molar-refractivity contribution in [2.75, 3.05) is 0 Å². The molecule has 0 radical (unpaired) electrons. The van der Waals surface area contributed by atoms with E-state index in [1.54, 1.807) is 18.2 Å². The van der Waals surface area contributed by atoms with Crippen molar-refractivity contribution in [2.45, 2.75) is 0 Å². The molecule has 0 heterocycles. The summed E-state index contributed by atoms with van der Waals surface area (Å²) >= 11 is 0. The zero-order chi connectivity index (χ0) is 10.6. The molecule has 0 bridgehead atoms. The minimum Gasteiger partial charge on any atom is -0.282 e. The first-order valence-electron chi connectivity index (χ1n) is 3.98. The Morgan fingerprint density at radius 1 is 0.562 bits per heavy atom. The average molecular weight is 322 g/mol. The SMILES string of the molecule is C1=[C-]C#CC=1.C1=[C-]C#CC=1.C1=[C-]C#CC=1.[La+3]. The summed E-state index contributed by atoms with van der Waals surface area (Å²) in [5.41, 5.74) is 7.88. The molecule has 0 N–H and O–H groups in total. The van der Waals surface area contributed by atoms with Crippen molar-refractivity contribution >= 4 is 0 Å². The first-order chi connectivity index (χ1) is 7.50. The van der Waals surface area contributed by atoms with Crippen LogP contribution >= 0.6 is 0 Å². The Kier molecular flexibility index (Phi) is 10.4. The molecule has 66 valence electrons. The van der Waals surface area contributed by atoms with Crippen molar-refractivity contribution in [3.05, 3.63) is 53.6 Å². The molecule has 0 aliphatic heterocycles. The summed E-state index contributed by atoms with van der Waals surface area (Å²) in [6.07, 6.45) is 12.6. The van der Waals surface area contributed by atoms with Gasteiger partial charge in [-0.05, 0) is 0 Å². The normalized spacial score (nSPS) is 10.5. The molecule has 16 heavy (non-hydrogen) atoms. The van der Waals surface area contributed by atoms with Gasteiger partial charge in [0.2, 0.25) is 0 Å². The number of hydrogen-bond donors (Lipinski definition) is 0. The van der Waals surface area contributed by atoms with Gasteiger partial charge < -0.3 is 0 Å². The molecule has 0 spiro atoms. The molecule has 3 aliphatic carbocycles. The Hall–Kier alpha value is -1.57. The molecule has 3 aliphatic rings. The molecule has 0 amide bonds. The van der Waals surface area contributed by atoms with Crippen molar-refractivity contribution in [1.29, 1.82) is 0 Å². The number of rotatable bonds is 0. The molecule has 0 saturated heterocycles. The second kappa shape index (κ2) is 11.5. The maximum absolute atomic E-state index is 2.62. The summed E-state index contributed by atoms with van der Waals surface area (Å²) in [5.74, 6) is 15.5. The zero-order valence-corrected chi connectivity index (χ0v) is 11.9. The molecule has 0 aromatic carbocycles. The van der Waals surface area contributed by atoms with Crippen molar-refractivity contribution in [1.82, 2.24) is 0 Å². The van der Waals surface area contributed by atoms with Gasteiger partial charge in [-0.1, -0.05) is 18.2 Å². The van der Waals surface area contributed by atoms with E-state index in [2.05, 4.69) is 70.9 Å². The Labute approximate surface area is 124 Å². The molecule has 1 heteroatoms. The third-order valence-corrected chi connectivity index (χ3v) is 1.05. The predicted molar refractivity (Wildman–Crippen MR) is 57.3 cm³/mol.